The summed E-state index contributed by atoms with van der Waals surface area (Å²) in [5.41, 5.74) is 10.3. The highest BCUT2D eigenvalue weighted by molar-refractivity contribution is 5.88. The van der Waals surface area contributed by atoms with Gasteiger partial charge in [0.05, 0.1) is 5.52 Å². The van der Waals surface area contributed by atoms with Gasteiger partial charge in [-0.1, -0.05) is 24.3 Å². The van der Waals surface area contributed by atoms with Crippen LogP contribution in [0.15, 0.2) is 48.7 Å². The molecule has 0 radical (unpaired) electrons. The number of hydrogen-bond acceptors (Lipinski definition) is 3. The average Bonchev–Trinajstić information content (AvgIpc) is 2.74. The third kappa shape index (κ3) is 3.07. The molecule has 2 atom stereocenters. The summed E-state index contributed by atoms with van der Waals surface area (Å²) in [5.74, 6) is 0.807. The number of ether oxygens (including phenoxy) is 1. The third-order valence-corrected chi connectivity index (χ3v) is 6.55. The van der Waals surface area contributed by atoms with Crippen molar-refractivity contribution in [1.82, 2.24) is 9.88 Å². The Balaban J connectivity index is 1.43. The number of aryl methyl sites for hydroxylation is 2. The normalized spacial score (nSPS) is 23.3. The van der Waals surface area contributed by atoms with Gasteiger partial charge in [0.1, 0.15) is 11.4 Å². The van der Waals surface area contributed by atoms with E-state index in [1.54, 1.807) is 0 Å². The number of primary amides is 1. The number of amides is 2. The molecule has 1 fully saturated rings. The van der Waals surface area contributed by atoms with Gasteiger partial charge < -0.3 is 10.5 Å². The number of carbonyl (C=O) groups excluding carboxylic acids is 1. The van der Waals surface area contributed by atoms with Crippen LogP contribution in [0.4, 0.5) is 9.18 Å². The molecule has 5 nitrogen and oxygen atoms in total. The number of pyridine rings is 1. The fourth-order valence-corrected chi connectivity index (χ4v) is 4.84. The van der Waals surface area contributed by atoms with Crippen molar-refractivity contribution in [3.05, 3.63) is 59.8 Å². The van der Waals surface area contributed by atoms with Gasteiger partial charge in [0.2, 0.25) is 0 Å². The molecule has 2 aliphatic heterocycles. The average molecular weight is 405 g/mol. The topological polar surface area (TPSA) is 68.5 Å². The van der Waals surface area contributed by atoms with Crippen LogP contribution in [0.2, 0.25) is 0 Å². The second kappa shape index (κ2) is 6.97. The Hall–Kier alpha value is -3.15. The highest BCUT2D eigenvalue weighted by Gasteiger charge is 2.45. The molecule has 1 spiro atoms. The zero-order valence-electron chi connectivity index (χ0n) is 16.9. The zero-order valence-corrected chi connectivity index (χ0v) is 16.9. The fourth-order valence-electron chi connectivity index (χ4n) is 4.84. The summed E-state index contributed by atoms with van der Waals surface area (Å²) in [6, 6.07) is 13.8. The second-order valence-corrected chi connectivity index (χ2v) is 8.34. The first-order valence-corrected chi connectivity index (χ1v) is 10.3. The number of likely N-dealkylation sites (tertiary alicyclic amines) is 1. The molecule has 2 unspecified atom stereocenters. The van der Waals surface area contributed by atoms with Crippen LogP contribution in [0.1, 0.15) is 30.4 Å². The van der Waals surface area contributed by atoms with Crippen molar-refractivity contribution in [1.29, 1.82) is 0 Å². The van der Waals surface area contributed by atoms with E-state index in [9.17, 15) is 9.18 Å². The highest BCUT2D eigenvalue weighted by Crippen LogP contribution is 2.43. The number of urea groups is 1. The standard InChI is InChI=1S/C24H24FN3O2/c1-15-19(6-4-16-3-2-11-27-22(15)16)17-5-7-20-18(13-17)8-9-24(30-20)10-12-28(23(26)29)21(25)14-24/h2-7,11,13,21H,8-10,12,14H2,1H3,(H2,26,29). The minimum atomic E-state index is -1.40. The maximum atomic E-state index is 14.5. The molecular weight excluding hydrogens is 381 g/mol. The third-order valence-electron chi connectivity index (χ3n) is 6.55. The van der Waals surface area contributed by atoms with E-state index in [2.05, 4.69) is 42.2 Å². The van der Waals surface area contributed by atoms with Crippen LogP contribution >= 0.6 is 0 Å². The molecule has 154 valence electrons. The van der Waals surface area contributed by atoms with Crippen LogP contribution in [0, 0.1) is 6.92 Å². The molecule has 2 aliphatic rings. The molecule has 3 heterocycles. The lowest BCUT2D eigenvalue weighted by Crippen LogP contribution is -2.55. The second-order valence-electron chi connectivity index (χ2n) is 8.34. The van der Waals surface area contributed by atoms with Gasteiger partial charge in [0.25, 0.3) is 0 Å². The van der Waals surface area contributed by atoms with Gasteiger partial charge in [0, 0.05) is 31.0 Å². The largest absolute Gasteiger partial charge is 0.487 e. The Kier molecular flexibility index (Phi) is 4.38. The van der Waals surface area contributed by atoms with Gasteiger partial charge in [0.15, 0.2) is 6.30 Å². The smallest absolute Gasteiger partial charge is 0.317 e. The Morgan fingerprint density at radius 3 is 2.93 bits per heavy atom. The van der Waals surface area contributed by atoms with Gasteiger partial charge in [-0.05, 0) is 60.2 Å². The molecule has 1 aromatic heterocycles. The number of nitrogens with zero attached hydrogens (tertiary/aromatic N) is 2. The van der Waals surface area contributed by atoms with Crippen molar-refractivity contribution in [2.45, 2.75) is 44.5 Å². The van der Waals surface area contributed by atoms with E-state index in [1.165, 1.54) is 0 Å². The first-order valence-electron chi connectivity index (χ1n) is 10.3. The quantitative estimate of drug-likeness (QED) is 0.595. The molecule has 0 saturated carbocycles. The lowest BCUT2D eigenvalue weighted by Gasteiger charge is -2.45. The van der Waals surface area contributed by atoms with Crippen LogP contribution in [0.25, 0.3) is 22.0 Å². The number of aromatic nitrogens is 1. The summed E-state index contributed by atoms with van der Waals surface area (Å²) >= 11 is 0. The summed E-state index contributed by atoms with van der Waals surface area (Å²) < 4.78 is 20.8. The Labute approximate surface area is 174 Å². The molecule has 6 heteroatoms. The molecule has 2 aromatic carbocycles. The van der Waals surface area contributed by atoms with Crippen molar-refractivity contribution < 1.29 is 13.9 Å². The van der Waals surface area contributed by atoms with Crippen molar-refractivity contribution in [2.75, 3.05) is 6.54 Å². The van der Waals surface area contributed by atoms with Crippen molar-refractivity contribution in [3.8, 4) is 16.9 Å². The van der Waals surface area contributed by atoms with Crippen LogP contribution in [0.5, 0.6) is 5.75 Å². The SMILES string of the molecule is Cc1c(-c2ccc3c(c2)CCC2(CCN(C(N)=O)C(F)C2)O3)ccc2cccnc12. The summed E-state index contributed by atoms with van der Waals surface area (Å²) in [5, 5.41) is 1.13. The number of piperidine rings is 1. The molecule has 5 rings (SSSR count). The predicted molar refractivity (Wildman–Crippen MR) is 114 cm³/mol. The number of benzene rings is 2. The molecular formula is C24H24FN3O2. The Morgan fingerprint density at radius 1 is 1.27 bits per heavy atom. The molecule has 0 bridgehead atoms. The minimum Gasteiger partial charge on any atom is -0.487 e. The number of rotatable bonds is 1. The van der Waals surface area contributed by atoms with Crippen molar-refractivity contribution in [2.24, 2.45) is 5.73 Å². The first-order chi connectivity index (χ1) is 14.5. The number of nitrogens with two attached hydrogens (primary N) is 1. The Bertz CT molecular complexity index is 1150. The number of hydrogen-bond donors (Lipinski definition) is 1. The molecule has 3 aromatic rings. The summed E-state index contributed by atoms with van der Waals surface area (Å²) in [6.07, 6.45) is 2.72. The maximum Gasteiger partial charge on any atom is 0.317 e. The van der Waals surface area contributed by atoms with Gasteiger partial charge in [-0.2, -0.15) is 0 Å². The van der Waals surface area contributed by atoms with E-state index in [0.29, 0.717) is 6.42 Å². The van der Waals surface area contributed by atoms with Gasteiger partial charge in [-0.25, -0.2) is 9.18 Å². The van der Waals surface area contributed by atoms with Gasteiger partial charge in [-0.3, -0.25) is 9.88 Å². The number of carbonyl (C=O) groups is 1. The van der Waals surface area contributed by atoms with E-state index in [0.717, 1.165) is 56.6 Å². The Morgan fingerprint density at radius 2 is 2.13 bits per heavy atom. The summed E-state index contributed by atoms with van der Waals surface area (Å²) in [4.78, 5) is 17.0. The molecule has 2 amide bonds. The molecule has 0 aliphatic carbocycles. The lowest BCUT2D eigenvalue weighted by atomic mass is 9.82. The van der Waals surface area contributed by atoms with Crippen LogP contribution in [-0.2, 0) is 6.42 Å². The molecule has 30 heavy (non-hydrogen) atoms. The van der Waals surface area contributed by atoms with Crippen molar-refractivity contribution >= 4 is 16.9 Å². The van der Waals surface area contributed by atoms with Gasteiger partial charge >= 0.3 is 6.03 Å². The zero-order chi connectivity index (χ0) is 20.9. The molecule has 1 saturated heterocycles. The lowest BCUT2D eigenvalue weighted by molar-refractivity contribution is -0.0603. The van der Waals surface area contributed by atoms with E-state index in [-0.39, 0.29) is 13.0 Å². The van der Waals surface area contributed by atoms with Crippen LogP contribution in [-0.4, -0.2) is 34.4 Å². The van der Waals surface area contributed by atoms with E-state index < -0.39 is 17.9 Å². The van der Waals surface area contributed by atoms with E-state index in [1.807, 2.05) is 18.3 Å². The summed E-state index contributed by atoms with van der Waals surface area (Å²) in [6.45, 7) is 2.39. The maximum absolute atomic E-state index is 14.5. The minimum absolute atomic E-state index is 0.159. The highest BCUT2D eigenvalue weighted by atomic mass is 19.1. The number of fused-ring (bicyclic) bond motifs is 2. The van der Waals surface area contributed by atoms with Crippen molar-refractivity contribution in [3.63, 3.8) is 0 Å². The number of alkyl halides is 1. The van der Waals surface area contributed by atoms with Gasteiger partial charge in [-0.15, -0.1) is 0 Å². The summed E-state index contributed by atoms with van der Waals surface area (Å²) in [7, 11) is 0. The first kappa shape index (κ1) is 18.9. The number of halogens is 1. The van der Waals surface area contributed by atoms with E-state index >= 15 is 0 Å². The fraction of sp³-hybridized carbons (Fsp3) is 0.333. The predicted octanol–water partition coefficient (Wildman–Crippen LogP) is 4.74. The monoisotopic (exact) mass is 405 g/mol. The molecule has 2 N–H and O–H groups in total. The van der Waals surface area contributed by atoms with Crippen LogP contribution < -0.4 is 10.5 Å². The van der Waals surface area contributed by atoms with E-state index in [4.69, 9.17) is 10.5 Å². The van der Waals surface area contributed by atoms with Crippen LogP contribution in [0.3, 0.4) is 0 Å².